The summed E-state index contributed by atoms with van der Waals surface area (Å²) in [7, 11) is 0. The highest BCUT2D eigenvalue weighted by molar-refractivity contribution is 6.24. The van der Waals surface area contributed by atoms with Crippen molar-refractivity contribution in [2.75, 3.05) is 58.1 Å². The molecule has 1 aromatic carbocycles. The Morgan fingerprint density at radius 1 is 0.918 bits per heavy atom. The molecule has 3 aliphatic rings. The topological polar surface area (TPSA) is 217 Å². The Morgan fingerprint density at radius 3 is 2.52 bits per heavy atom. The SMILES string of the molecule is O=C(COc1cccc2c1C(=O)N(C1CCC(=O)NC1=O)C2=O)NCCOCCOCCOCC(F)CCC(=O)c1cnc(Cc2ccc3cnccc3n2)cc1NC1CC1. The number of hydrogen-bond donors (Lipinski definition) is 3. The van der Waals surface area contributed by atoms with Crippen molar-refractivity contribution in [3.05, 3.63) is 89.1 Å². The van der Waals surface area contributed by atoms with Gasteiger partial charge in [0.15, 0.2) is 12.4 Å². The molecule has 2 aliphatic heterocycles. The van der Waals surface area contributed by atoms with Crippen LogP contribution in [0.1, 0.15) is 81.0 Å². The lowest BCUT2D eigenvalue weighted by molar-refractivity contribution is -0.136. The van der Waals surface area contributed by atoms with Gasteiger partial charge in [-0.25, -0.2) is 4.39 Å². The van der Waals surface area contributed by atoms with Gasteiger partial charge in [0.2, 0.25) is 11.8 Å². The lowest BCUT2D eigenvalue weighted by atomic mass is 10.0. The van der Waals surface area contributed by atoms with E-state index in [0.29, 0.717) is 23.7 Å². The number of carbonyl (C=O) groups excluding carboxylic acids is 6. The molecule has 4 aromatic rings. The van der Waals surface area contributed by atoms with Crippen molar-refractivity contribution >= 4 is 51.9 Å². The van der Waals surface area contributed by atoms with Crippen LogP contribution in [0.2, 0.25) is 0 Å². The Morgan fingerprint density at radius 2 is 1.72 bits per heavy atom. The number of pyridine rings is 3. The molecule has 5 amide bonds. The highest BCUT2D eigenvalue weighted by Crippen LogP contribution is 2.34. The first-order chi connectivity index (χ1) is 29.6. The van der Waals surface area contributed by atoms with Crippen LogP contribution in [0.4, 0.5) is 10.1 Å². The molecule has 2 fully saturated rings. The number of ether oxygens (including phenoxy) is 4. The standard InChI is InChI=1S/C43H46FN7O10/c44-27(5-10-36(52)32-23-47-30(21-34(32)48-28-7-8-28)20-29-6-4-26-22-45-13-12-33(26)49-29)24-60-19-18-59-17-16-58-15-14-46-39(54)25-61-37-3-1-2-31-40(37)43(57)51(42(31)56)35-9-11-38(53)50-41(35)55/h1-4,6,12-13,21-23,27-28,35H,5,7-11,14-20,24-25H2,(H,46,54)(H,47,48)(H,50,53,55). The zero-order chi connectivity index (χ0) is 42.7. The summed E-state index contributed by atoms with van der Waals surface area (Å²) in [6, 6.07) is 11.2. The molecule has 0 bridgehead atoms. The summed E-state index contributed by atoms with van der Waals surface area (Å²) in [5.41, 5.74) is 3.62. The molecular formula is C43H46FN7O10. The van der Waals surface area contributed by atoms with Crippen molar-refractivity contribution in [3.63, 3.8) is 0 Å². The maximum Gasteiger partial charge on any atom is 0.266 e. The number of benzene rings is 1. The first-order valence-corrected chi connectivity index (χ1v) is 20.2. The van der Waals surface area contributed by atoms with Gasteiger partial charge in [0.05, 0.1) is 61.8 Å². The molecular weight excluding hydrogens is 794 g/mol. The van der Waals surface area contributed by atoms with Crippen LogP contribution in [0.15, 0.2) is 61.1 Å². The van der Waals surface area contributed by atoms with E-state index in [4.69, 9.17) is 23.9 Å². The summed E-state index contributed by atoms with van der Waals surface area (Å²) in [5.74, 6) is -3.27. The molecule has 0 radical (unpaired) electrons. The number of halogens is 1. The smallest absolute Gasteiger partial charge is 0.266 e. The van der Waals surface area contributed by atoms with Crippen LogP contribution in [0.25, 0.3) is 10.9 Å². The maximum absolute atomic E-state index is 14.7. The highest BCUT2D eigenvalue weighted by atomic mass is 19.1. The predicted octanol–water partition coefficient (Wildman–Crippen LogP) is 3.14. The number of imide groups is 2. The van der Waals surface area contributed by atoms with E-state index >= 15 is 0 Å². The molecule has 61 heavy (non-hydrogen) atoms. The third-order valence-corrected chi connectivity index (χ3v) is 10.2. The molecule has 320 valence electrons. The highest BCUT2D eigenvalue weighted by Gasteiger charge is 2.46. The molecule has 7 rings (SSSR count). The molecule has 1 aliphatic carbocycles. The van der Waals surface area contributed by atoms with Crippen LogP contribution in [0.5, 0.6) is 5.75 Å². The van der Waals surface area contributed by atoms with Crippen LogP contribution in [0.3, 0.4) is 0 Å². The minimum Gasteiger partial charge on any atom is -0.483 e. The fraction of sp³-hybridized carbons (Fsp3) is 0.419. The summed E-state index contributed by atoms with van der Waals surface area (Å²) < 4.78 is 36.6. The molecule has 3 N–H and O–H groups in total. The van der Waals surface area contributed by atoms with Crippen LogP contribution in [0, 0.1) is 0 Å². The number of hydrogen-bond acceptors (Lipinski definition) is 14. The van der Waals surface area contributed by atoms with Crippen LogP contribution >= 0.6 is 0 Å². The van der Waals surface area contributed by atoms with E-state index in [0.717, 1.165) is 40.0 Å². The summed E-state index contributed by atoms with van der Waals surface area (Å²) in [5, 5.41) is 9.16. The van der Waals surface area contributed by atoms with Gasteiger partial charge in [-0.3, -0.25) is 53.9 Å². The van der Waals surface area contributed by atoms with E-state index in [-0.39, 0.29) is 94.5 Å². The number of nitrogens with zero attached hydrogens (tertiary/aromatic N) is 4. The number of fused-ring (bicyclic) bond motifs is 2. The Balaban J connectivity index is 0.728. The number of Topliss-reactive ketones (excluding diaryl/α,β-unsaturated/α-hetero) is 1. The molecule has 18 heteroatoms. The number of ketones is 1. The molecule has 17 nitrogen and oxygen atoms in total. The van der Waals surface area contributed by atoms with E-state index in [9.17, 15) is 33.2 Å². The second-order valence-corrected chi connectivity index (χ2v) is 14.8. The maximum atomic E-state index is 14.7. The monoisotopic (exact) mass is 839 g/mol. The Labute approximate surface area is 350 Å². The molecule has 2 unspecified atom stereocenters. The fourth-order valence-electron chi connectivity index (χ4n) is 6.89. The Bertz CT molecular complexity index is 2290. The summed E-state index contributed by atoms with van der Waals surface area (Å²) >= 11 is 0. The number of piperidine rings is 1. The summed E-state index contributed by atoms with van der Waals surface area (Å²) in [6.45, 7) is 0.600. The van der Waals surface area contributed by atoms with E-state index in [1.807, 2.05) is 24.3 Å². The normalized spacial score (nSPS) is 16.7. The van der Waals surface area contributed by atoms with Crippen LogP contribution < -0.4 is 20.7 Å². The second kappa shape index (κ2) is 20.3. The van der Waals surface area contributed by atoms with Gasteiger partial charge in [0.25, 0.3) is 17.7 Å². The number of aromatic nitrogens is 3. The number of nitrogens with one attached hydrogen (secondary N) is 3. The molecule has 1 saturated carbocycles. The number of alkyl halides is 1. The third kappa shape index (κ3) is 11.3. The van der Waals surface area contributed by atoms with Gasteiger partial charge in [-0.05, 0) is 62.1 Å². The zero-order valence-electron chi connectivity index (χ0n) is 33.4. The van der Waals surface area contributed by atoms with Gasteiger partial charge >= 0.3 is 0 Å². The predicted molar refractivity (Wildman–Crippen MR) is 216 cm³/mol. The number of rotatable bonds is 23. The average molecular weight is 840 g/mol. The largest absolute Gasteiger partial charge is 0.483 e. The Hall–Kier alpha value is -6.24. The van der Waals surface area contributed by atoms with Crippen molar-refractivity contribution in [2.24, 2.45) is 0 Å². The minimum atomic E-state index is -1.33. The van der Waals surface area contributed by atoms with Crippen LogP contribution in [-0.4, -0.2) is 126 Å². The van der Waals surface area contributed by atoms with Crippen LogP contribution in [-0.2, 0) is 35.0 Å². The number of amides is 5. The average Bonchev–Trinajstić information content (AvgIpc) is 4.04. The van der Waals surface area contributed by atoms with Gasteiger partial charge in [-0.1, -0.05) is 6.07 Å². The molecule has 5 heterocycles. The number of anilines is 1. The van der Waals surface area contributed by atoms with Gasteiger partial charge in [-0.2, -0.15) is 0 Å². The van der Waals surface area contributed by atoms with Gasteiger partial charge in [-0.15, -0.1) is 0 Å². The first-order valence-electron chi connectivity index (χ1n) is 20.2. The minimum absolute atomic E-state index is 0.00380. The second-order valence-electron chi connectivity index (χ2n) is 14.8. The van der Waals surface area contributed by atoms with Crippen molar-refractivity contribution in [3.8, 4) is 5.75 Å². The van der Waals surface area contributed by atoms with E-state index in [1.54, 1.807) is 18.6 Å². The number of carbonyl (C=O) groups is 6. The molecule has 3 aromatic heterocycles. The van der Waals surface area contributed by atoms with E-state index < -0.39 is 48.4 Å². The van der Waals surface area contributed by atoms with Gasteiger partial charge < -0.3 is 29.6 Å². The van der Waals surface area contributed by atoms with E-state index in [1.165, 1.54) is 18.2 Å². The molecule has 2 atom stereocenters. The lowest BCUT2D eigenvalue weighted by Gasteiger charge is -2.27. The van der Waals surface area contributed by atoms with Gasteiger partial charge in [0.1, 0.15) is 18.0 Å². The zero-order valence-corrected chi connectivity index (χ0v) is 33.4. The van der Waals surface area contributed by atoms with Crippen molar-refractivity contribution < 1.29 is 52.1 Å². The molecule has 0 spiro atoms. The Kier molecular flexibility index (Phi) is 14.3. The van der Waals surface area contributed by atoms with Gasteiger partial charge in [0, 0.05) is 72.9 Å². The first kappa shape index (κ1) is 42.9. The summed E-state index contributed by atoms with van der Waals surface area (Å²) in [6.07, 6.45) is 6.30. The quantitative estimate of drug-likeness (QED) is 0.0556. The van der Waals surface area contributed by atoms with Crippen molar-refractivity contribution in [2.45, 2.75) is 63.2 Å². The fourth-order valence-corrected chi connectivity index (χ4v) is 6.89. The summed E-state index contributed by atoms with van der Waals surface area (Å²) in [4.78, 5) is 89.8. The molecule has 1 saturated heterocycles. The van der Waals surface area contributed by atoms with Crippen molar-refractivity contribution in [1.82, 2.24) is 30.5 Å². The van der Waals surface area contributed by atoms with Crippen molar-refractivity contribution in [1.29, 1.82) is 0 Å². The lowest BCUT2D eigenvalue weighted by Crippen LogP contribution is -2.54. The third-order valence-electron chi connectivity index (χ3n) is 10.2. The van der Waals surface area contributed by atoms with E-state index in [2.05, 4.69) is 25.9 Å².